The maximum Gasteiger partial charge on any atom is 0.256 e. The van der Waals surface area contributed by atoms with Crippen molar-refractivity contribution in [2.75, 3.05) is 11.9 Å². The summed E-state index contributed by atoms with van der Waals surface area (Å²) in [5.74, 6) is -0.187. The molecule has 4 nitrogen and oxygen atoms in total. The first-order chi connectivity index (χ1) is 16.1. The van der Waals surface area contributed by atoms with Crippen molar-refractivity contribution in [3.8, 4) is 11.1 Å². The van der Waals surface area contributed by atoms with E-state index >= 15 is 0 Å². The number of amides is 2. The molecule has 5 heteroatoms. The van der Waals surface area contributed by atoms with Crippen LogP contribution in [-0.2, 0) is 13.0 Å². The molecular weight excluding hydrogens is 428 g/mol. The standard InChI is InChI=1S/C28H24N2O2S/c1-19-22(28(32)30-16-14-26-21(18-30)15-17-33-26)12-7-13-25(19)29-27(31)24-11-6-5-10-23(24)20-8-3-2-4-9-20/h2-13,15,17H,14,16,18H2,1H3,(H,29,31). The largest absolute Gasteiger partial charge is 0.334 e. The average Bonchev–Trinajstić information content (AvgIpc) is 3.33. The van der Waals surface area contributed by atoms with Gasteiger partial charge in [-0.25, -0.2) is 0 Å². The van der Waals surface area contributed by atoms with E-state index in [2.05, 4.69) is 16.8 Å². The van der Waals surface area contributed by atoms with Crippen LogP contribution in [0, 0.1) is 6.92 Å². The molecule has 5 rings (SSSR count). The molecule has 0 aliphatic carbocycles. The first kappa shape index (κ1) is 21.2. The van der Waals surface area contributed by atoms with Gasteiger partial charge in [0, 0.05) is 34.8 Å². The summed E-state index contributed by atoms with van der Waals surface area (Å²) in [5, 5.41) is 5.13. The van der Waals surface area contributed by atoms with Crippen LogP contribution in [0.15, 0.2) is 84.2 Å². The molecule has 1 aliphatic rings. The van der Waals surface area contributed by atoms with Crippen molar-refractivity contribution < 1.29 is 9.59 Å². The van der Waals surface area contributed by atoms with E-state index in [1.54, 1.807) is 11.3 Å². The highest BCUT2D eigenvalue weighted by Crippen LogP contribution is 2.28. The van der Waals surface area contributed by atoms with Crippen molar-refractivity contribution in [3.63, 3.8) is 0 Å². The van der Waals surface area contributed by atoms with E-state index < -0.39 is 0 Å². The summed E-state index contributed by atoms with van der Waals surface area (Å²) in [6, 6.07) is 25.1. The molecule has 1 aromatic heterocycles. The van der Waals surface area contributed by atoms with E-state index in [1.165, 1.54) is 10.4 Å². The number of thiophene rings is 1. The zero-order chi connectivity index (χ0) is 22.8. The van der Waals surface area contributed by atoms with Crippen LogP contribution in [-0.4, -0.2) is 23.3 Å². The predicted molar refractivity (Wildman–Crippen MR) is 134 cm³/mol. The highest BCUT2D eigenvalue weighted by Gasteiger charge is 2.24. The summed E-state index contributed by atoms with van der Waals surface area (Å²) >= 11 is 1.76. The lowest BCUT2D eigenvalue weighted by molar-refractivity contribution is 0.0735. The van der Waals surface area contributed by atoms with Crippen molar-refractivity contribution in [1.29, 1.82) is 0 Å². The van der Waals surface area contributed by atoms with Gasteiger partial charge in [-0.2, -0.15) is 0 Å². The van der Waals surface area contributed by atoms with E-state index in [-0.39, 0.29) is 11.8 Å². The zero-order valence-corrected chi connectivity index (χ0v) is 19.2. The lowest BCUT2D eigenvalue weighted by atomic mass is 9.98. The second-order valence-electron chi connectivity index (χ2n) is 8.19. The quantitative estimate of drug-likeness (QED) is 0.402. The fraction of sp³-hybridized carbons (Fsp3) is 0.143. The Kier molecular flexibility index (Phi) is 5.80. The van der Waals surface area contributed by atoms with Crippen LogP contribution < -0.4 is 5.32 Å². The summed E-state index contributed by atoms with van der Waals surface area (Å²) < 4.78 is 0. The maximum atomic E-state index is 13.3. The first-order valence-electron chi connectivity index (χ1n) is 11.0. The molecule has 164 valence electrons. The van der Waals surface area contributed by atoms with Crippen LogP contribution in [0.1, 0.15) is 36.7 Å². The van der Waals surface area contributed by atoms with Gasteiger partial charge in [0.2, 0.25) is 0 Å². The third kappa shape index (κ3) is 4.20. The highest BCUT2D eigenvalue weighted by molar-refractivity contribution is 7.10. The third-order valence-electron chi connectivity index (χ3n) is 6.16. The van der Waals surface area contributed by atoms with Gasteiger partial charge in [0.25, 0.3) is 11.8 Å². The summed E-state index contributed by atoms with van der Waals surface area (Å²) in [5.41, 5.74) is 5.76. The van der Waals surface area contributed by atoms with Gasteiger partial charge in [-0.1, -0.05) is 54.6 Å². The van der Waals surface area contributed by atoms with E-state index in [0.29, 0.717) is 29.9 Å². The van der Waals surface area contributed by atoms with Gasteiger partial charge in [-0.3, -0.25) is 9.59 Å². The summed E-state index contributed by atoms with van der Waals surface area (Å²) in [4.78, 5) is 29.8. The minimum Gasteiger partial charge on any atom is -0.334 e. The molecule has 1 aliphatic heterocycles. The first-order valence-corrected chi connectivity index (χ1v) is 11.9. The van der Waals surface area contributed by atoms with E-state index in [0.717, 1.165) is 23.1 Å². The van der Waals surface area contributed by atoms with Crippen LogP contribution >= 0.6 is 11.3 Å². The average molecular weight is 453 g/mol. The smallest absolute Gasteiger partial charge is 0.256 e. The molecule has 0 spiro atoms. The van der Waals surface area contributed by atoms with Crippen molar-refractivity contribution in [1.82, 2.24) is 4.90 Å². The number of nitrogens with zero attached hydrogens (tertiary/aromatic N) is 1. The molecule has 0 radical (unpaired) electrons. The van der Waals surface area contributed by atoms with Gasteiger partial charge in [0.1, 0.15) is 0 Å². The van der Waals surface area contributed by atoms with E-state index in [4.69, 9.17) is 0 Å². The molecule has 0 bridgehead atoms. The fourth-order valence-corrected chi connectivity index (χ4v) is 5.22. The van der Waals surface area contributed by atoms with Crippen LogP contribution in [0.4, 0.5) is 5.69 Å². The number of benzene rings is 3. The van der Waals surface area contributed by atoms with Crippen molar-refractivity contribution >= 4 is 28.8 Å². The molecule has 0 saturated heterocycles. The Balaban J connectivity index is 1.39. The summed E-state index contributed by atoms with van der Waals surface area (Å²) in [6.45, 7) is 3.25. The molecule has 0 fully saturated rings. The molecule has 1 N–H and O–H groups in total. The summed E-state index contributed by atoms with van der Waals surface area (Å²) in [6.07, 6.45) is 0.893. The minimum absolute atomic E-state index is 0.00475. The number of hydrogen-bond donors (Lipinski definition) is 1. The monoisotopic (exact) mass is 452 g/mol. The number of carbonyl (C=O) groups is 2. The molecule has 0 atom stereocenters. The van der Waals surface area contributed by atoms with Crippen LogP contribution in [0.2, 0.25) is 0 Å². The van der Waals surface area contributed by atoms with Crippen molar-refractivity contribution in [3.05, 3.63) is 111 Å². The van der Waals surface area contributed by atoms with Crippen LogP contribution in [0.3, 0.4) is 0 Å². The molecular formula is C28H24N2O2S. The summed E-state index contributed by atoms with van der Waals surface area (Å²) in [7, 11) is 0. The van der Waals surface area contributed by atoms with E-state index in [1.807, 2.05) is 84.6 Å². The number of anilines is 1. The van der Waals surface area contributed by atoms with Crippen molar-refractivity contribution in [2.24, 2.45) is 0 Å². The molecule has 3 aromatic carbocycles. The Morgan fingerprint density at radius 3 is 2.48 bits per heavy atom. The lowest BCUT2D eigenvalue weighted by Gasteiger charge is -2.28. The topological polar surface area (TPSA) is 49.4 Å². The third-order valence-corrected chi connectivity index (χ3v) is 7.19. The SMILES string of the molecule is Cc1c(NC(=O)c2ccccc2-c2ccccc2)cccc1C(=O)N1CCc2sccc2C1. The van der Waals surface area contributed by atoms with Crippen LogP contribution in [0.25, 0.3) is 11.1 Å². The maximum absolute atomic E-state index is 13.3. The van der Waals surface area contributed by atoms with Gasteiger partial charge in [0.15, 0.2) is 0 Å². The predicted octanol–water partition coefficient (Wildman–Crippen LogP) is 6.17. The normalized spacial score (nSPS) is 12.8. The molecule has 33 heavy (non-hydrogen) atoms. The molecule has 2 heterocycles. The number of hydrogen-bond acceptors (Lipinski definition) is 3. The van der Waals surface area contributed by atoms with Crippen LogP contribution in [0.5, 0.6) is 0 Å². The Bertz CT molecular complexity index is 1330. The van der Waals surface area contributed by atoms with E-state index in [9.17, 15) is 9.59 Å². The fourth-order valence-electron chi connectivity index (χ4n) is 4.34. The Labute approximate surface area is 197 Å². The second-order valence-corrected chi connectivity index (χ2v) is 9.19. The Hall–Kier alpha value is -3.70. The molecule has 4 aromatic rings. The Morgan fingerprint density at radius 2 is 1.64 bits per heavy atom. The lowest BCUT2D eigenvalue weighted by Crippen LogP contribution is -2.35. The second kappa shape index (κ2) is 9.04. The molecule has 0 unspecified atom stereocenters. The van der Waals surface area contributed by atoms with Crippen molar-refractivity contribution in [2.45, 2.75) is 19.9 Å². The molecule has 0 saturated carbocycles. The number of rotatable bonds is 4. The van der Waals surface area contributed by atoms with Gasteiger partial charge >= 0.3 is 0 Å². The Morgan fingerprint density at radius 1 is 0.879 bits per heavy atom. The number of carbonyl (C=O) groups excluding carboxylic acids is 2. The van der Waals surface area contributed by atoms with Gasteiger partial charge < -0.3 is 10.2 Å². The van der Waals surface area contributed by atoms with Gasteiger partial charge in [-0.05, 0) is 65.2 Å². The molecule has 2 amide bonds. The number of nitrogens with one attached hydrogen (secondary N) is 1. The highest BCUT2D eigenvalue weighted by atomic mass is 32.1. The van der Waals surface area contributed by atoms with Gasteiger partial charge in [-0.15, -0.1) is 11.3 Å². The zero-order valence-electron chi connectivity index (χ0n) is 18.4. The van der Waals surface area contributed by atoms with Gasteiger partial charge in [0.05, 0.1) is 0 Å². The number of fused-ring (bicyclic) bond motifs is 1. The minimum atomic E-state index is -0.192.